The average molecular weight is 287 g/mol. The molecule has 0 unspecified atom stereocenters. The van der Waals surface area contributed by atoms with Crippen LogP contribution in [0.1, 0.15) is 0 Å². The Labute approximate surface area is 121 Å². The van der Waals surface area contributed by atoms with Crippen LogP contribution in [0.4, 0.5) is 5.69 Å². The lowest BCUT2D eigenvalue weighted by molar-refractivity contribution is 0.385. The summed E-state index contributed by atoms with van der Waals surface area (Å²) in [5.74, 6) is 1.28. The summed E-state index contributed by atoms with van der Waals surface area (Å²) in [4.78, 5) is 4.49. The highest BCUT2D eigenvalue weighted by Crippen LogP contribution is 2.29. The molecule has 0 radical (unpaired) electrons. The van der Waals surface area contributed by atoms with Crippen molar-refractivity contribution in [3.05, 3.63) is 30.7 Å². The smallest absolute Gasteiger partial charge is 0.218 e. The largest absolute Gasteiger partial charge is 0.496 e. The average Bonchev–Trinajstić information content (AvgIpc) is 3.10. The van der Waals surface area contributed by atoms with Gasteiger partial charge in [0.2, 0.25) is 5.88 Å². The van der Waals surface area contributed by atoms with Crippen LogP contribution in [0.3, 0.4) is 0 Å². The Morgan fingerprint density at radius 1 is 1.24 bits per heavy atom. The SMILES string of the molecule is COc1cc(OC)c2ccn(CCn3cc(N)cn3)c2n1. The number of pyridine rings is 1. The van der Waals surface area contributed by atoms with E-state index in [9.17, 15) is 0 Å². The number of aromatic nitrogens is 4. The molecule has 0 bridgehead atoms. The molecule has 7 heteroatoms. The predicted octanol–water partition coefficient (Wildman–Crippen LogP) is 1.53. The molecule has 3 heterocycles. The third-order valence-corrected chi connectivity index (χ3v) is 3.32. The van der Waals surface area contributed by atoms with E-state index >= 15 is 0 Å². The van der Waals surface area contributed by atoms with Crippen molar-refractivity contribution < 1.29 is 9.47 Å². The third-order valence-electron chi connectivity index (χ3n) is 3.32. The van der Waals surface area contributed by atoms with Crippen LogP contribution in [0.25, 0.3) is 11.0 Å². The minimum absolute atomic E-state index is 0.530. The highest BCUT2D eigenvalue weighted by atomic mass is 16.5. The predicted molar refractivity (Wildman–Crippen MR) is 79.5 cm³/mol. The molecule has 110 valence electrons. The van der Waals surface area contributed by atoms with Crippen molar-refractivity contribution >= 4 is 16.7 Å². The first-order chi connectivity index (χ1) is 10.2. The van der Waals surface area contributed by atoms with E-state index in [2.05, 4.69) is 10.1 Å². The van der Waals surface area contributed by atoms with Crippen LogP contribution in [-0.4, -0.2) is 33.6 Å². The topological polar surface area (TPSA) is 80.1 Å². The minimum atomic E-state index is 0.530. The van der Waals surface area contributed by atoms with E-state index in [4.69, 9.17) is 15.2 Å². The molecule has 0 aliphatic rings. The van der Waals surface area contributed by atoms with Crippen molar-refractivity contribution in [2.45, 2.75) is 13.1 Å². The molecule has 3 aromatic heterocycles. The van der Waals surface area contributed by atoms with E-state index in [0.717, 1.165) is 23.3 Å². The van der Waals surface area contributed by atoms with Crippen LogP contribution < -0.4 is 15.2 Å². The van der Waals surface area contributed by atoms with Gasteiger partial charge in [0.15, 0.2) is 0 Å². The minimum Gasteiger partial charge on any atom is -0.496 e. The lowest BCUT2D eigenvalue weighted by atomic mass is 10.3. The second-order valence-corrected chi connectivity index (χ2v) is 4.65. The first-order valence-electron chi connectivity index (χ1n) is 6.57. The number of hydrogen-bond donors (Lipinski definition) is 1. The molecule has 0 spiro atoms. The zero-order chi connectivity index (χ0) is 14.8. The number of hydrogen-bond acceptors (Lipinski definition) is 5. The summed E-state index contributed by atoms with van der Waals surface area (Å²) < 4.78 is 14.4. The van der Waals surface area contributed by atoms with Crippen molar-refractivity contribution in [3.8, 4) is 11.6 Å². The van der Waals surface area contributed by atoms with Gasteiger partial charge in [0.25, 0.3) is 0 Å². The molecule has 0 aliphatic carbocycles. The maximum Gasteiger partial charge on any atom is 0.218 e. The van der Waals surface area contributed by atoms with Gasteiger partial charge in [-0.3, -0.25) is 4.68 Å². The Bertz CT molecular complexity index is 762. The number of anilines is 1. The van der Waals surface area contributed by atoms with Crippen molar-refractivity contribution in [1.29, 1.82) is 0 Å². The van der Waals surface area contributed by atoms with Gasteiger partial charge in [-0.1, -0.05) is 0 Å². The van der Waals surface area contributed by atoms with Gasteiger partial charge in [0.05, 0.1) is 38.0 Å². The van der Waals surface area contributed by atoms with Crippen molar-refractivity contribution in [3.63, 3.8) is 0 Å². The van der Waals surface area contributed by atoms with Gasteiger partial charge in [-0.05, 0) is 6.07 Å². The first-order valence-corrected chi connectivity index (χ1v) is 6.57. The van der Waals surface area contributed by atoms with E-state index in [-0.39, 0.29) is 0 Å². The van der Waals surface area contributed by atoms with Crippen LogP contribution in [0.2, 0.25) is 0 Å². The molecule has 7 nitrogen and oxygen atoms in total. The molecule has 21 heavy (non-hydrogen) atoms. The van der Waals surface area contributed by atoms with E-state index in [1.807, 2.05) is 16.8 Å². The zero-order valence-electron chi connectivity index (χ0n) is 12.0. The van der Waals surface area contributed by atoms with Crippen molar-refractivity contribution in [2.24, 2.45) is 0 Å². The molecule has 0 saturated carbocycles. The van der Waals surface area contributed by atoms with Gasteiger partial charge < -0.3 is 19.8 Å². The summed E-state index contributed by atoms with van der Waals surface area (Å²) in [6.07, 6.45) is 5.42. The maximum absolute atomic E-state index is 5.66. The highest BCUT2D eigenvalue weighted by molar-refractivity contribution is 5.84. The molecule has 3 aromatic rings. The van der Waals surface area contributed by atoms with Gasteiger partial charge in [-0.25, -0.2) is 0 Å². The number of aryl methyl sites for hydroxylation is 2. The summed E-state index contributed by atoms with van der Waals surface area (Å²) in [5.41, 5.74) is 7.14. The summed E-state index contributed by atoms with van der Waals surface area (Å²) in [5, 5.41) is 5.13. The molecule has 0 aliphatic heterocycles. The molecule has 0 amide bonds. The fourth-order valence-electron chi connectivity index (χ4n) is 2.27. The standard InChI is InChI=1S/C14H17N5O2/c1-20-12-7-13(21-2)17-14-11(12)3-4-18(14)5-6-19-9-10(15)8-16-19/h3-4,7-9H,5-6,15H2,1-2H3. The fourth-order valence-corrected chi connectivity index (χ4v) is 2.27. The molecule has 0 aromatic carbocycles. The highest BCUT2D eigenvalue weighted by Gasteiger charge is 2.11. The second-order valence-electron chi connectivity index (χ2n) is 4.65. The molecule has 0 fully saturated rings. The number of ether oxygens (including phenoxy) is 2. The lowest BCUT2D eigenvalue weighted by Gasteiger charge is -2.08. The Morgan fingerprint density at radius 2 is 2.10 bits per heavy atom. The van der Waals surface area contributed by atoms with E-state index in [0.29, 0.717) is 18.1 Å². The van der Waals surface area contributed by atoms with E-state index in [1.54, 1.807) is 37.4 Å². The van der Waals surface area contributed by atoms with Gasteiger partial charge in [0.1, 0.15) is 11.4 Å². The molecule has 0 atom stereocenters. The number of nitrogens with two attached hydrogens (primary N) is 1. The van der Waals surface area contributed by atoms with Gasteiger partial charge in [-0.2, -0.15) is 10.1 Å². The molecule has 3 rings (SSSR count). The summed E-state index contributed by atoms with van der Waals surface area (Å²) >= 11 is 0. The number of methoxy groups -OCH3 is 2. The lowest BCUT2D eigenvalue weighted by Crippen LogP contribution is -2.07. The van der Waals surface area contributed by atoms with E-state index in [1.165, 1.54) is 0 Å². The fraction of sp³-hybridized carbons (Fsp3) is 0.286. The summed E-state index contributed by atoms with van der Waals surface area (Å²) in [7, 11) is 3.23. The number of nitrogen functional groups attached to an aromatic ring is 1. The molecular formula is C14H17N5O2. The number of rotatable bonds is 5. The Kier molecular flexibility index (Phi) is 3.39. The third kappa shape index (κ3) is 2.49. The van der Waals surface area contributed by atoms with Gasteiger partial charge >= 0.3 is 0 Å². The monoisotopic (exact) mass is 287 g/mol. The Balaban J connectivity index is 1.91. The quantitative estimate of drug-likeness (QED) is 0.769. The van der Waals surface area contributed by atoms with Crippen molar-refractivity contribution in [1.82, 2.24) is 19.3 Å². The number of fused-ring (bicyclic) bond motifs is 1. The normalized spacial score (nSPS) is 11.0. The zero-order valence-corrected chi connectivity index (χ0v) is 12.0. The summed E-state index contributed by atoms with van der Waals surface area (Å²) in [6.45, 7) is 1.44. The van der Waals surface area contributed by atoms with Gasteiger partial charge in [-0.15, -0.1) is 0 Å². The molecule has 2 N–H and O–H groups in total. The van der Waals surface area contributed by atoms with Crippen LogP contribution >= 0.6 is 0 Å². The van der Waals surface area contributed by atoms with Crippen LogP contribution in [0.15, 0.2) is 30.7 Å². The van der Waals surface area contributed by atoms with Crippen LogP contribution in [-0.2, 0) is 13.1 Å². The number of nitrogens with zero attached hydrogens (tertiary/aromatic N) is 4. The molecular weight excluding hydrogens is 270 g/mol. The second kappa shape index (κ2) is 5.35. The summed E-state index contributed by atoms with van der Waals surface area (Å²) in [6, 6.07) is 3.76. The van der Waals surface area contributed by atoms with E-state index < -0.39 is 0 Å². The van der Waals surface area contributed by atoms with Crippen molar-refractivity contribution in [2.75, 3.05) is 20.0 Å². The van der Waals surface area contributed by atoms with Gasteiger partial charge in [0, 0.05) is 25.0 Å². The Morgan fingerprint density at radius 3 is 2.76 bits per heavy atom. The maximum atomic E-state index is 5.66. The first kappa shape index (κ1) is 13.3. The Hall–Kier alpha value is -2.70. The van der Waals surface area contributed by atoms with Crippen LogP contribution in [0, 0.1) is 0 Å². The molecule has 0 saturated heterocycles. The van der Waals surface area contributed by atoms with Crippen LogP contribution in [0.5, 0.6) is 11.6 Å².